The van der Waals surface area contributed by atoms with Gasteiger partial charge in [-0.2, -0.15) is 0 Å². The summed E-state index contributed by atoms with van der Waals surface area (Å²) in [6.45, 7) is 0.529. The van der Waals surface area contributed by atoms with Gasteiger partial charge in [0.15, 0.2) is 0 Å². The van der Waals surface area contributed by atoms with Gasteiger partial charge >= 0.3 is 0 Å². The van der Waals surface area contributed by atoms with E-state index in [2.05, 4.69) is 15.9 Å². The third kappa shape index (κ3) is 4.12. The van der Waals surface area contributed by atoms with Crippen LogP contribution >= 0.6 is 15.9 Å². The molecule has 0 fully saturated rings. The molecular weight excluding hydrogens is 324 g/mol. The van der Waals surface area contributed by atoms with Crippen molar-refractivity contribution >= 4 is 15.9 Å². The number of benzene rings is 2. The molecule has 2 rings (SSSR count). The van der Waals surface area contributed by atoms with Crippen molar-refractivity contribution in [2.75, 3.05) is 6.54 Å². The van der Waals surface area contributed by atoms with Gasteiger partial charge in [-0.3, -0.25) is 0 Å². The van der Waals surface area contributed by atoms with Crippen molar-refractivity contribution in [1.82, 2.24) is 0 Å². The molecule has 0 amide bonds. The van der Waals surface area contributed by atoms with E-state index >= 15 is 0 Å². The Labute approximate surface area is 125 Å². The molecule has 0 spiro atoms. The van der Waals surface area contributed by atoms with Gasteiger partial charge in [-0.15, -0.1) is 0 Å². The number of rotatable bonds is 5. The predicted molar refractivity (Wildman–Crippen MR) is 80.5 cm³/mol. The molecule has 2 aromatic rings. The molecule has 0 aliphatic rings. The summed E-state index contributed by atoms with van der Waals surface area (Å²) in [6.07, 6.45) is 1.54. The molecule has 1 nitrogen and oxygen atoms in total. The topological polar surface area (TPSA) is 26.0 Å². The van der Waals surface area contributed by atoms with Crippen LogP contribution in [0.1, 0.15) is 11.1 Å². The predicted octanol–water partition coefficient (Wildman–Crippen LogP) is 4.09. The van der Waals surface area contributed by atoms with Crippen molar-refractivity contribution in [3.8, 4) is 0 Å². The minimum atomic E-state index is -0.261. The standard InChI is InChI=1S/C16H16BrF2N/c17-16-9-15(19)6-3-13(16)8-12(10-20)7-11-1-4-14(18)5-2-11/h1-6,9,12H,7-8,10,20H2. The molecular formula is C16H16BrF2N. The summed E-state index contributed by atoms with van der Waals surface area (Å²) >= 11 is 3.37. The number of halogens is 3. The van der Waals surface area contributed by atoms with Crippen LogP contribution in [0.2, 0.25) is 0 Å². The van der Waals surface area contributed by atoms with Crippen LogP contribution in [0.5, 0.6) is 0 Å². The summed E-state index contributed by atoms with van der Waals surface area (Å²) in [6, 6.07) is 11.1. The Kier molecular flexibility index (Phi) is 5.26. The van der Waals surface area contributed by atoms with E-state index in [9.17, 15) is 8.78 Å². The first kappa shape index (κ1) is 15.1. The van der Waals surface area contributed by atoms with Gasteiger partial charge < -0.3 is 5.73 Å². The molecule has 2 aromatic carbocycles. The second-order valence-electron chi connectivity index (χ2n) is 4.87. The van der Waals surface area contributed by atoms with Crippen molar-refractivity contribution in [2.24, 2.45) is 11.7 Å². The van der Waals surface area contributed by atoms with E-state index in [-0.39, 0.29) is 17.6 Å². The zero-order chi connectivity index (χ0) is 14.5. The smallest absolute Gasteiger partial charge is 0.124 e. The lowest BCUT2D eigenvalue weighted by Crippen LogP contribution is -2.19. The van der Waals surface area contributed by atoms with Crippen LogP contribution in [0.4, 0.5) is 8.78 Å². The second kappa shape index (κ2) is 6.95. The summed E-state index contributed by atoms with van der Waals surface area (Å²) in [4.78, 5) is 0. The van der Waals surface area contributed by atoms with Gasteiger partial charge in [0.1, 0.15) is 11.6 Å². The van der Waals surface area contributed by atoms with Gasteiger partial charge in [0.05, 0.1) is 0 Å². The Morgan fingerprint density at radius 1 is 0.950 bits per heavy atom. The molecule has 1 atom stereocenters. The fraction of sp³-hybridized carbons (Fsp3) is 0.250. The first-order valence-corrected chi connectivity index (χ1v) is 7.26. The normalized spacial score (nSPS) is 12.4. The van der Waals surface area contributed by atoms with Crippen LogP contribution in [-0.2, 0) is 12.8 Å². The molecule has 20 heavy (non-hydrogen) atoms. The molecule has 0 heterocycles. The number of hydrogen-bond acceptors (Lipinski definition) is 1. The van der Waals surface area contributed by atoms with E-state index in [0.717, 1.165) is 28.4 Å². The van der Waals surface area contributed by atoms with Crippen molar-refractivity contribution < 1.29 is 8.78 Å². The van der Waals surface area contributed by atoms with Crippen molar-refractivity contribution in [1.29, 1.82) is 0 Å². The average molecular weight is 340 g/mol. The Bertz CT molecular complexity index is 569. The van der Waals surface area contributed by atoms with Crippen LogP contribution in [0.15, 0.2) is 46.9 Å². The summed E-state index contributed by atoms with van der Waals surface area (Å²) in [5.74, 6) is -0.259. The highest BCUT2D eigenvalue weighted by atomic mass is 79.9. The Morgan fingerprint density at radius 3 is 2.20 bits per heavy atom. The van der Waals surface area contributed by atoms with E-state index in [1.165, 1.54) is 24.3 Å². The molecule has 4 heteroatoms. The van der Waals surface area contributed by atoms with Crippen molar-refractivity contribution in [3.63, 3.8) is 0 Å². The van der Waals surface area contributed by atoms with E-state index in [4.69, 9.17) is 5.73 Å². The highest BCUT2D eigenvalue weighted by Crippen LogP contribution is 2.22. The van der Waals surface area contributed by atoms with Gasteiger partial charge in [-0.1, -0.05) is 34.1 Å². The molecule has 2 N–H and O–H groups in total. The zero-order valence-electron chi connectivity index (χ0n) is 11.0. The van der Waals surface area contributed by atoms with Gasteiger partial charge in [-0.25, -0.2) is 8.78 Å². The lowest BCUT2D eigenvalue weighted by atomic mass is 9.92. The Morgan fingerprint density at radius 2 is 1.60 bits per heavy atom. The van der Waals surface area contributed by atoms with Crippen molar-refractivity contribution in [2.45, 2.75) is 12.8 Å². The van der Waals surface area contributed by atoms with E-state index < -0.39 is 0 Å². The molecule has 0 radical (unpaired) electrons. The lowest BCUT2D eigenvalue weighted by Gasteiger charge is -2.16. The van der Waals surface area contributed by atoms with E-state index in [0.29, 0.717) is 6.54 Å². The molecule has 0 saturated heterocycles. The highest BCUT2D eigenvalue weighted by molar-refractivity contribution is 9.10. The molecule has 0 bridgehead atoms. The SMILES string of the molecule is NCC(Cc1ccc(F)cc1)Cc1ccc(F)cc1Br. The molecule has 1 unspecified atom stereocenters. The number of hydrogen-bond donors (Lipinski definition) is 1. The van der Waals surface area contributed by atoms with Crippen LogP contribution in [-0.4, -0.2) is 6.54 Å². The van der Waals surface area contributed by atoms with Gasteiger partial charge in [0.2, 0.25) is 0 Å². The van der Waals surface area contributed by atoms with Crippen LogP contribution in [0.25, 0.3) is 0 Å². The van der Waals surface area contributed by atoms with Gasteiger partial charge in [0, 0.05) is 4.47 Å². The fourth-order valence-electron chi connectivity index (χ4n) is 2.19. The van der Waals surface area contributed by atoms with E-state index in [1.807, 2.05) is 0 Å². The van der Waals surface area contributed by atoms with Crippen LogP contribution in [0, 0.1) is 17.6 Å². The molecule has 0 aromatic heterocycles. The summed E-state index contributed by atoms with van der Waals surface area (Å²) in [7, 11) is 0. The highest BCUT2D eigenvalue weighted by Gasteiger charge is 2.12. The van der Waals surface area contributed by atoms with Crippen LogP contribution in [0.3, 0.4) is 0 Å². The maximum absolute atomic E-state index is 13.1. The quantitative estimate of drug-likeness (QED) is 0.872. The van der Waals surface area contributed by atoms with Gasteiger partial charge in [-0.05, 0) is 60.7 Å². The molecule has 0 saturated carbocycles. The molecule has 106 valence electrons. The minimum Gasteiger partial charge on any atom is -0.330 e. The molecule has 0 aliphatic carbocycles. The number of nitrogens with two attached hydrogens (primary N) is 1. The Hall–Kier alpha value is -1.26. The molecule has 0 aliphatic heterocycles. The van der Waals surface area contributed by atoms with Crippen molar-refractivity contribution in [3.05, 3.63) is 69.7 Å². The largest absolute Gasteiger partial charge is 0.330 e. The van der Waals surface area contributed by atoms with Gasteiger partial charge in [0.25, 0.3) is 0 Å². The fourth-order valence-corrected chi connectivity index (χ4v) is 2.70. The first-order chi connectivity index (χ1) is 9.58. The zero-order valence-corrected chi connectivity index (χ0v) is 12.5. The summed E-state index contributed by atoms with van der Waals surface area (Å²) < 4.78 is 26.7. The third-order valence-corrected chi connectivity index (χ3v) is 4.03. The maximum atomic E-state index is 13.1. The van der Waals surface area contributed by atoms with Crippen LogP contribution < -0.4 is 5.73 Å². The first-order valence-electron chi connectivity index (χ1n) is 6.47. The maximum Gasteiger partial charge on any atom is 0.124 e. The second-order valence-corrected chi connectivity index (χ2v) is 5.73. The minimum absolute atomic E-state index is 0.237. The monoisotopic (exact) mass is 339 g/mol. The van der Waals surface area contributed by atoms with E-state index in [1.54, 1.807) is 18.2 Å². The summed E-state index contributed by atoms with van der Waals surface area (Å²) in [5.41, 5.74) is 7.90. The third-order valence-electron chi connectivity index (χ3n) is 3.29. The Balaban J connectivity index is 2.07. The average Bonchev–Trinajstić information content (AvgIpc) is 2.43. The summed E-state index contributed by atoms with van der Waals surface area (Å²) in [5, 5.41) is 0. The lowest BCUT2D eigenvalue weighted by molar-refractivity contribution is 0.530.